The van der Waals surface area contributed by atoms with Gasteiger partial charge in [-0.15, -0.1) is 0 Å². The van der Waals surface area contributed by atoms with E-state index in [4.69, 9.17) is 14.5 Å². The molecule has 8 nitrogen and oxygen atoms in total. The number of aromatic nitrogens is 2. The normalized spacial score (nSPS) is 16.4. The maximum absolute atomic E-state index is 12.5. The standard InChI is InChI=1S/C21H28N4O4S/c1-4-29-20(27)9-8-19(26)25-11-10-24(14-15(25)2)21-22-18(23-30-21)13-16-6-5-7-17(12-16)28-3/h5-7,12,15H,4,8-11,13-14H2,1-3H3. The Bertz CT molecular complexity index is 872. The third-order valence-corrected chi connectivity index (χ3v) is 5.84. The van der Waals surface area contributed by atoms with Crippen molar-refractivity contribution < 1.29 is 19.1 Å². The molecule has 2 aromatic rings. The predicted octanol–water partition coefficient (Wildman–Crippen LogP) is 2.52. The van der Waals surface area contributed by atoms with Crippen molar-refractivity contribution in [2.24, 2.45) is 0 Å². The zero-order chi connectivity index (χ0) is 21.5. The Morgan fingerprint density at radius 2 is 2.10 bits per heavy atom. The molecular weight excluding hydrogens is 404 g/mol. The Morgan fingerprint density at radius 1 is 1.27 bits per heavy atom. The second-order valence-corrected chi connectivity index (χ2v) is 7.94. The van der Waals surface area contributed by atoms with Crippen molar-refractivity contribution >= 4 is 28.5 Å². The predicted molar refractivity (Wildman–Crippen MR) is 115 cm³/mol. The minimum absolute atomic E-state index is 0.00817. The average molecular weight is 433 g/mol. The Kier molecular flexibility index (Phi) is 7.62. The molecule has 1 aromatic carbocycles. The number of carbonyl (C=O) groups is 2. The van der Waals surface area contributed by atoms with Crippen LogP contribution >= 0.6 is 11.5 Å². The minimum Gasteiger partial charge on any atom is -0.497 e. The molecule has 1 amide bonds. The van der Waals surface area contributed by atoms with Gasteiger partial charge in [-0.3, -0.25) is 9.59 Å². The number of esters is 1. The van der Waals surface area contributed by atoms with E-state index in [-0.39, 0.29) is 30.8 Å². The first-order valence-corrected chi connectivity index (χ1v) is 10.9. The van der Waals surface area contributed by atoms with Crippen LogP contribution in [0.2, 0.25) is 0 Å². The molecule has 0 aliphatic carbocycles. The number of anilines is 1. The smallest absolute Gasteiger partial charge is 0.306 e. The SMILES string of the molecule is CCOC(=O)CCC(=O)N1CCN(c2nc(Cc3cccc(OC)c3)ns2)CC1C. The van der Waals surface area contributed by atoms with Gasteiger partial charge in [0.1, 0.15) is 11.6 Å². The monoisotopic (exact) mass is 432 g/mol. The van der Waals surface area contributed by atoms with Crippen LogP contribution in [0.4, 0.5) is 5.13 Å². The van der Waals surface area contributed by atoms with Crippen LogP contribution in [0.3, 0.4) is 0 Å². The molecule has 1 aliphatic rings. The van der Waals surface area contributed by atoms with Crippen LogP contribution in [0.1, 0.15) is 38.1 Å². The molecule has 1 aliphatic heterocycles. The average Bonchev–Trinajstić information content (AvgIpc) is 3.20. The van der Waals surface area contributed by atoms with Crippen molar-refractivity contribution in [3.05, 3.63) is 35.7 Å². The highest BCUT2D eigenvalue weighted by molar-refractivity contribution is 7.09. The summed E-state index contributed by atoms with van der Waals surface area (Å²) in [6, 6.07) is 7.94. The number of piperazine rings is 1. The van der Waals surface area contributed by atoms with Crippen molar-refractivity contribution in [1.82, 2.24) is 14.3 Å². The number of hydrogen-bond donors (Lipinski definition) is 0. The molecule has 1 saturated heterocycles. The van der Waals surface area contributed by atoms with Gasteiger partial charge in [0.2, 0.25) is 11.0 Å². The summed E-state index contributed by atoms with van der Waals surface area (Å²) in [5.41, 5.74) is 1.10. The van der Waals surface area contributed by atoms with Gasteiger partial charge in [0, 0.05) is 50.1 Å². The topological polar surface area (TPSA) is 84.9 Å². The molecule has 1 fully saturated rings. The number of ether oxygens (including phenoxy) is 2. The highest BCUT2D eigenvalue weighted by atomic mass is 32.1. The van der Waals surface area contributed by atoms with Crippen LogP contribution in [-0.4, -0.2) is 65.5 Å². The highest BCUT2D eigenvalue weighted by Gasteiger charge is 2.29. The first-order chi connectivity index (χ1) is 14.5. The second-order valence-electron chi connectivity index (χ2n) is 7.21. The van der Waals surface area contributed by atoms with Gasteiger partial charge in [-0.05, 0) is 31.5 Å². The number of hydrogen-bond acceptors (Lipinski definition) is 8. The van der Waals surface area contributed by atoms with Crippen LogP contribution in [0, 0.1) is 0 Å². The van der Waals surface area contributed by atoms with Crippen molar-refractivity contribution in [2.75, 3.05) is 38.3 Å². The van der Waals surface area contributed by atoms with Gasteiger partial charge < -0.3 is 19.3 Å². The summed E-state index contributed by atoms with van der Waals surface area (Å²) in [7, 11) is 1.65. The fourth-order valence-electron chi connectivity index (χ4n) is 3.50. The Morgan fingerprint density at radius 3 is 2.83 bits per heavy atom. The molecule has 30 heavy (non-hydrogen) atoms. The molecule has 0 saturated carbocycles. The van der Waals surface area contributed by atoms with Crippen LogP contribution in [0.15, 0.2) is 24.3 Å². The Hall–Kier alpha value is -2.68. The van der Waals surface area contributed by atoms with Crippen molar-refractivity contribution in [3.63, 3.8) is 0 Å². The highest BCUT2D eigenvalue weighted by Crippen LogP contribution is 2.23. The van der Waals surface area contributed by atoms with Crippen molar-refractivity contribution in [3.8, 4) is 5.75 Å². The van der Waals surface area contributed by atoms with E-state index < -0.39 is 0 Å². The molecule has 9 heteroatoms. The summed E-state index contributed by atoms with van der Waals surface area (Å²) in [6.45, 7) is 6.11. The van der Waals surface area contributed by atoms with E-state index in [1.807, 2.05) is 36.1 Å². The number of amides is 1. The Labute approximate surface area is 181 Å². The molecule has 0 radical (unpaired) electrons. The van der Waals surface area contributed by atoms with E-state index in [1.165, 1.54) is 11.5 Å². The zero-order valence-electron chi connectivity index (χ0n) is 17.7. The number of methoxy groups -OCH3 is 1. The van der Waals surface area contributed by atoms with Gasteiger partial charge >= 0.3 is 5.97 Å². The lowest BCUT2D eigenvalue weighted by Crippen LogP contribution is -2.54. The molecular formula is C21H28N4O4S. The maximum Gasteiger partial charge on any atom is 0.306 e. The quantitative estimate of drug-likeness (QED) is 0.593. The molecule has 0 spiro atoms. The first kappa shape index (κ1) is 22.0. The summed E-state index contributed by atoms with van der Waals surface area (Å²) < 4.78 is 14.7. The Balaban J connectivity index is 1.54. The van der Waals surface area contributed by atoms with Gasteiger partial charge in [0.05, 0.1) is 20.1 Å². The third-order valence-electron chi connectivity index (χ3n) is 5.02. The van der Waals surface area contributed by atoms with Crippen molar-refractivity contribution in [1.29, 1.82) is 0 Å². The summed E-state index contributed by atoms with van der Waals surface area (Å²) in [5, 5.41) is 0.873. The molecule has 2 heterocycles. The van der Waals surface area contributed by atoms with Crippen molar-refractivity contribution in [2.45, 2.75) is 39.2 Å². The molecule has 0 bridgehead atoms. The van der Waals surface area contributed by atoms with E-state index in [9.17, 15) is 9.59 Å². The first-order valence-electron chi connectivity index (χ1n) is 10.2. The molecule has 1 aromatic heterocycles. The van der Waals surface area contributed by atoms with Crippen LogP contribution in [0.5, 0.6) is 5.75 Å². The molecule has 1 atom stereocenters. The number of benzene rings is 1. The second kappa shape index (κ2) is 10.4. The van der Waals surface area contributed by atoms with E-state index in [0.29, 0.717) is 32.7 Å². The van der Waals surface area contributed by atoms with Gasteiger partial charge in [-0.25, -0.2) is 4.98 Å². The fraction of sp³-hybridized carbons (Fsp3) is 0.524. The lowest BCUT2D eigenvalue weighted by Gasteiger charge is -2.39. The molecule has 0 N–H and O–H groups in total. The number of nitrogens with zero attached hydrogens (tertiary/aromatic N) is 4. The maximum atomic E-state index is 12.5. The van der Waals surface area contributed by atoms with E-state index in [1.54, 1.807) is 14.0 Å². The molecule has 3 rings (SSSR count). The van der Waals surface area contributed by atoms with Crippen LogP contribution in [-0.2, 0) is 20.7 Å². The lowest BCUT2D eigenvalue weighted by molar-refractivity contribution is -0.146. The largest absolute Gasteiger partial charge is 0.497 e. The fourth-order valence-corrected chi connectivity index (χ4v) is 4.22. The summed E-state index contributed by atoms with van der Waals surface area (Å²) in [4.78, 5) is 32.7. The number of carbonyl (C=O) groups excluding carboxylic acids is 2. The third kappa shape index (κ3) is 5.69. The van der Waals surface area contributed by atoms with E-state index in [0.717, 1.165) is 22.3 Å². The van der Waals surface area contributed by atoms with Gasteiger partial charge in [-0.2, -0.15) is 4.37 Å². The zero-order valence-corrected chi connectivity index (χ0v) is 18.5. The van der Waals surface area contributed by atoms with E-state index in [2.05, 4.69) is 9.27 Å². The van der Waals surface area contributed by atoms with Gasteiger partial charge in [0.25, 0.3) is 0 Å². The van der Waals surface area contributed by atoms with Crippen LogP contribution in [0.25, 0.3) is 0 Å². The summed E-state index contributed by atoms with van der Waals surface area (Å²) >= 11 is 1.39. The minimum atomic E-state index is -0.324. The van der Waals surface area contributed by atoms with Crippen LogP contribution < -0.4 is 9.64 Å². The summed E-state index contributed by atoms with van der Waals surface area (Å²) in [5.74, 6) is 1.27. The van der Waals surface area contributed by atoms with Gasteiger partial charge in [-0.1, -0.05) is 12.1 Å². The molecule has 1 unspecified atom stereocenters. The number of rotatable bonds is 8. The summed E-state index contributed by atoms with van der Waals surface area (Å²) in [6.07, 6.45) is 0.964. The van der Waals surface area contributed by atoms with Gasteiger partial charge in [0.15, 0.2) is 0 Å². The van der Waals surface area contributed by atoms with E-state index >= 15 is 0 Å². The lowest BCUT2D eigenvalue weighted by atomic mass is 10.1. The molecule has 162 valence electrons.